The molecule has 3 nitrogen and oxygen atoms in total. The highest BCUT2D eigenvalue weighted by Crippen LogP contribution is 2.28. The van der Waals surface area contributed by atoms with E-state index in [-0.39, 0.29) is 6.61 Å². The molecule has 0 amide bonds. The van der Waals surface area contributed by atoms with Crippen LogP contribution in [-0.2, 0) is 0 Å². The lowest BCUT2D eigenvalue weighted by atomic mass is 10.1. The van der Waals surface area contributed by atoms with E-state index in [0.29, 0.717) is 11.5 Å². The Morgan fingerprint density at radius 3 is 2.82 bits per heavy atom. The predicted molar refractivity (Wildman–Crippen MR) is 71.5 cm³/mol. The van der Waals surface area contributed by atoms with Crippen LogP contribution in [0.3, 0.4) is 0 Å². The molecule has 1 aromatic rings. The second-order valence-corrected chi connectivity index (χ2v) is 4.04. The number of alkyl halides is 1. The first-order valence-electron chi connectivity index (χ1n) is 5.12. The minimum absolute atomic E-state index is 0.0198. The molecule has 0 spiro atoms. The van der Waals surface area contributed by atoms with Crippen molar-refractivity contribution in [2.24, 2.45) is 0 Å². The number of hydrogen-bond acceptors (Lipinski definition) is 3. The van der Waals surface area contributed by atoms with E-state index in [2.05, 4.69) is 22.0 Å². The van der Waals surface area contributed by atoms with Gasteiger partial charge in [0, 0.05) is 5.33 Å². The first-order chi connectivity index (χ1) is 8.21. The Hall–Kier alpha value is -1.47. The number of methoxy groups -OCH3 is 1. The molecule has 0 N–H and O–H groups in total. The van der Waals surface area contributed by atoms with Crippen molar-refractivity contribution in [1.82, 2.24) is 0 Å². The van der Waals surface area contributed by atoms with Gasteiger partial charge in [-0.25, -0.2) is 0 Å². The molecule has 0 heterocycles. The first kappa shape index (κ1) is 13.6. The van der Waals surface area contributed by atoms with E-state index < -0.39 is 0 Å². The van der Waals surface area contributed by atoms with Crippen LogP contribution < -0.4 is 9.47 Å². The van der Waals surface area contributed by atoms with Gasteiger partial charge in [0.05, 0.1) is 7.11 Å². The Bertz CT molecular complexity index is 449. The third-order valence-corrected chi connectivity index (χ3v) is 2.99. The normalized spacial score (nSPS) is 10.8. The number of nitrogens with zero attached hydrogens (tertiary/aromatic N) is 1. The van der Waals surface area contributed by atoms with Crippen molar-refractivity contribution in [1.29, 1.82) is 5.26 Å². The number of ether oxygens (including phenoxy) is 2. The van der Waals surface area contributed by atoms with E-state index in [1.165, 1.54) is 5.57 Å². The zero-order valence-electron chi connectivity index (χ0n) is 9.87. The SMILES string of the molecule is COc1cc(C=C(C)CBr)ccc1OCC#N. The van der Waals surface area contributed by atoms with Crippen LogP contribution >= 0.6 is 15.9 Å². The standard InChI is InChI=1S/C13H14BrNO2/c1-10(9-14)7-11-3-4-12(17-6-5-15)13(8-11)16-2/h3-4,7-8H,6,9H2,1-2H3. The molecule has 0 aliphatic rings. The van der Waals surface area contributed by atoms with Gasteiger partial charge in [0.15, 0.2) is 18.1 Å². The van der Waals surface area contributed by atoms with Crippen LogP contribution in [-0.4, -0.2) is 19.0 Å². The lowest BCUT2D eigenvalue weighted by molar-refractivity contribution is 0.329. The second-order valence-electron chi connectivity index (χ2n) is 3.48. The van der Waals surface area contributed by atoms with Gasteiger partial charge in [-0.1, -0.05) is 33.6 Å². The van der Waals surface area contributed by atoms with Crippen LogP contribution in [0.15, 0.2) is 23.8 Å². The number of benzene rings is 1. The van der Waals surface area contributed by atoms with E-state index in [1.807, 2.05) is 31.2 Å². The summed E-state index contributed by atoms with van der Waals surface area (Å²) in [7, 11) is 1.58. The van der Waals surface area contributed by atoms with Crippen molar-refractivity contribution in [3.63, 3.8) is 0 Å². The number of allylic oxidation sites excluding steroid dienone is 1. The average molecular weight is 296 g/mol. The summed E-state index contributed by atoms with van der Waals surface area (Å²) in [5.41, 5.74) is 2.26. The largest absolute Gasteiger partial charge is 0.493 e. The highest BCUT2D eigenvalue weighted by atomic mass is 79.9. The van der Waals surface area contributed by atoms with Crippen LogP contribution in [0.1, 0.15) is 12.5 Å². The molecule has 0 unspecified atom stereocenters. The van der Waals surface area contributed by atoms with Gasteiger partial charge in [0.2, 0.25) is 0 Å². The van der Waals surface area contributed by atoms with Gasteiger partial charge in [-0.2, -0.15) is 5.26 Å². The maximum atomic E-state index is 8.47. The third-order valence-electron chi connectivity index (χ3n) is 2.10. The second kappa shape index (κ2) is 6.97. The fraction of sp³-hybridized carbons (Fsp3) is 0.308. The summed E-state index contributed by atoms with van der Waals surface area (Å²) in [6.07, 6.45) is 2.06. The summed E-state index contributed by atoms with van der Waals surface area (Å²) in [5.74, 6) is 1.22. The number of hydrogen-bond donors (Lipinski definition) is 0. The molecule has 4 heteroatoms. The lowest BCUT2D eigenvalue weighted by Crippen LogP contribution is -1.96. The van der Waals surface area contributed by atoms with Crippen molar-refractivity contribution in [3.8, 4) is 17.6 Å². The molecule has 0 fully saturated rings. The number of nitriles is 1. The predicted octanol–water partition coefficient (Wildman–Crippen LogP) is 3.40. The van der Waals surface area contributed by atoms with Crippen LogP contribution in [0.5, 0.6) is 11.5 Å². The number of halogens is 1. The minimum atomic E-state index is 0.0198. The van der Waals surface area contributed by atoms with Crippen LogP contribution in [0.2, 0.25) is 0 Å². The highest BCUT2D eigenvalue weighted by Gasteiger charge is 2.04. The molecule has 90 valence electrons. The minimum Gasteiger partial charge on any atom is -0.493 e. The zero-order chi connectivity index (χ0) is 12.7. The maximum absolute atomic E-state index is 8.47. The summed E-state index contributed by atoms with van der Waals surface area (Å²) in [6.45, 7) is 2.06. The fourth-order valence-corrected chi connectivity index (χ4v) is 1.49. The molecule has 0 saturated carbocycles. The average Bonchev–Trinajstić information content (AvgIpc) is 2.36. The maximum Gasteiger partial charge on any atom is 0.174 e. The van der Waals surface area contributed by atoms with Crippen molar-refractivity contribution < 1.29 is 9.47 Å². The van der Waals surface area contributed by atoms with E-state index in [0.717, 1.165) is 10.9 Å². The Morgan fingerprint density at radius 2 is 2.24 bits per heavy atom. The quantitative estimate of drug-likeness (QED) is 0.782. The molecular weight excluding hydrogens is 282 g/mol. The summed E-state index contributed by atoms with van der Waals surface area (Å²) >= 11 is 3.40. The third kappa shape index (κ3) is 4.12. The van der Waals surface area contributed by atoms with Gasteiger partial charge in [-0.3, -0.25) is 0 Å². The Kier molecular flexibility index (Phi) is 5.58. The fourth-order valence-electron chi connectivity index (χ4n) is 1.33. The van der Waals surface area contributed by atoms with E-state index in [1.54, 1.807) is 7.11 Å². The molecule has 0 aromatic heterocycles. The highest BCUT2D eigenvalue weighted by molar-refractivity contribution is 9.09. The number of rotatable bonds is 5. The Labute approximate surface area is 110 Å². The van der Waals surface area contributed by atoms with E-state index in [9.17, 15) is 0 Å². The van der Waals surface area contributed by atoms with Gasteiger partial charge in [-0.15, -0.1) is 0 Å². The summed E-state index contributed by atoms with van der Waals surface area (Å²) < 4.78 is 10.5. The van der Waals surface area contributed by atoms with E-state index in [4.69, 9.17) is 14.7 Å². The molecule has 17 heavy (non-hydrogen) atoms. The monoisotopic (exact) mass is 295 g/mol. The van der Waals surface area contributed by atoms with Crippen molar-refractivity contribution >= 4 is 22.0 Å². The summed E-state index contributed by atoms with van der Waals surface area (Å²) in [5, 5.41) is 9.30. The van der Waals surface area contributed by atoms with E-state index >= 15 is 0 Å². The zero-order valence-corrected chi connectivity index (χ0v) is 11.5. The summed E-state index contributed by atoms with van der Waals surface area (Å²) in [4.78, 5) is 0. The molecule has 0 bridgehead atoms. The molecular formula is C13H14BrNO2. The smallest absolute Gasteiger partial charge is 0.174 e. The Morgan fingerprint density at radius 1 is 1.47 bits per heavy atom. The molecule has 1 rings (SSSR count). The van der Waals surface area contributed by atoms with Crippen LogP contribution in [0, 0.1) is 11.3 Å². The van der Waals surface area contributed by atoms with Crippen molar-refractivity contribution in [2.45, 2.75) is 6.92 Å². The molecule has 0 radical (unpaired) electrons. The van der Waals surface area contributed by atoms with Crippen LogP contribution in [0.25, 0.3) is 6.08 Å². The van der Waals surface area contributed by atoms with Crippen LogP contribution in [0.4, 0.5) is 0 Å². The van der Waals surface area contributed by atoms with Crippen molar-refractivity contribution in [3.05, 3.63) is 29.3 Å². The summed E-state index contributed by atoms with van der Waals surface area (Å²) in [6, 6.07) is 7.56. The Balaban J connectivity index is 2.96. The van der Waals surface area contributed by atoms with Gasteiger partial charge in [0.25, 0.3) is 0 Å². The molecule has 1 aromatic carbocycles. The molecule has 0 aliphatic heterocycles. The molecule has 0 saturated heterocycles. The van der Waals surface area contributed by atoms with Crippen molar-refractivity contribution in [2.75, 3.05) is 19.0 Å². The van der Waals surface area contributed by atoms with Gasteiger partial charge in [-0.05, 0) is 24.6 Å². The molecule has 0 atom stereocenters. The lowest BCUT2D eigenvalue weighted by Gasteiger charge is -2.09. The van der Waals surface area contributed by atoms with Gasteiger partial charge in [0.1, 0.15) is 6.07 Å². The first-order valence-corrected chi connectivity index (χ1v) is 6.24. The van der Waals surface area contributed by atoms with Gasteiger partial charge < -0.3 is 9.47 Å². The molecule has 0 aliphatic carbocycles. The van der Waals surface area contributed by atoms with Gasteiger partial charge >= 0.3 is 0 Å². The topological polar surface area (TPSA) is 42.2 Å².